The summed E-state index contributed by atoms with van der Waals surface area (Å²) in [6.45, 7) is 2.64. The van der Waals surface area contributed by atoms with Crippen LogP contribution in [0.15, 0.2) is 54.6 Å². The number of para-hydroxylation sites is 2. The van der Waals surface area contributed by atoms with Gasteiger partial charge in [-0.3, -0.25) is 4.79 Å². The highest BCUT2D eigenvalue weighted by molar-refractivity contribution is 5.79. The number of rotatable bonds is 5. The van der Waals surface area contributed by atoms with E-state index in [0.29, 0.717) is 38.5 Å². The molecule has 2 heterocycles. The Morgan fingerprint density at radius 2 is 1.71 bits per heavy atom. The SMILES string of the molecule is COc1ccccc1CC(=O)N1CCN(c2nnnn2-c2ccccc2)CC1. The Morgan fingerprint density at radius 3 is 2.46 bits per heavy atom. The van der Waals surface area contributed by atoms with E-state index in [9.17, 15) is 4.79 Å². The van der Waals surface area contributed by atoms with Crippen molar-refractivity contribution < 1.29 is 9.53 Å². The van der Waals surface area contributed by atoms with Crippen LogP contribution >= 0.6 is 0 Å². The van der Waals surface area contributed by atoms with Gasteiger partial charge in [-0.25, -0.2) is 0 Å². The number of tetrazole rings is 1. The number of ether oxygens (including phenoxy) is 1. The molecule has 4 rings (SSSR count). The van der Waals surface area contributed by atoms with Crippen LogP contribution in [0.5, 0.6) is 5.75 Å². The minimum Gasteiger partial charge on any atom is -0.496 e. The molecule has 0 bridgehead atoms. The second-order valence-corrected chi connectivity index (χ2v) is 6.58. The van der Waals surface area contributed by atoms with Crippen LogP contribution in [-0.2, 0) is 11.2 Å². The van der Waals surface area contributed by atoms with Crippen molar-refractivity contribution in [2.75, 3.05) is 38.2 Å². The summed E-state index contributed by atoms with van der Waals surface area (Å²) >= 11 is 0. The molecule has 2 aromatic carbocycles. The zero-order chi connectivity index (χ0) is 19.3. The number of amides is 1. The summed E-state index contributed by atoms with van der Waals surface area (Å²) in [5, 5.41) is 12.1. The predicted octanol–water partition coefficient (Wildman–Crippen LogP) is 1.56. The third-order valence-electron chi connectivity index (χ3n) is 4.90. The Morgan fingerprint density at radius 1 is 1.00 bits per heavy atom. The third kappa shape index (κ3) is 3.66. The lowest BCUT2D eigenvalue weighted by atomic mass is 10.1. The Bertz CT molecular complexity index is 935. The monoisotopic (exact) mass is 378 g/mol. The molecule has 28 heavy (non-hydrogen) atoms. The fourth-order valence-electron chi connectivity index (χ4n) is 3.40. The lowest BCUT2D eigenvalue weighted by molar-refractivity contribution is -0.130. The molecule has 0 spiro atoms. The average molecular weight is 378 g/mol. The second-order valence-electron chi connectivity index (χ2n) is 6.58. The number of hydrogen-bond donors (Lipinski definition) is 0. The van der Waals surface area contributed by atoms with Gasteiger partial charge in [0.15, 0.2) is 0 Å². The normalized spacial score (nSPS) is 14.2. The summed E-state index contributed by atoms with van der Waals surface area (Å²) in [5.74, 6) is 1.55. The van der Waals surface area contributed by atoms with Crippen LogP contribution in [0, 0.1) is 0 Å². The zero-order valence-corrected chi connectivity index (χ0v) is 15.7. The molecule has 0 saturated carbocycles. The van der Waals surface area contributed by atoms with Gasteiger partial charge >= 0.3 is 0 Å². The molecule has 0 atom stereocenters. The largest absolute Gasteiger partial charge is 0.496 e. The van der Waals surface area contributed by atoms with E-state index in [1.165, 1.54) is 0 Å². The molecule has 0 radical (unpaired) electrons. The van der Waals surface area contributed by atoms with E-state index >= 15 is 0 Å². The number of aromatic nitrogens is 4. The molecule has 144 valence electrons. The molecule has 1 aliphatic rings. The predicted molar refractivity (Wildman–Crippen MR) is 105 cm³/mol. The number of nitrogens with zero attached hydrogens (tertiary/aromatic N) is 6. The van der Waals surface area contributed by atoms with E-state index in [0.717, 1.165) is 17.0 Å². The lowest BCUT2D eigenvalue weighted by Gasteiger charge is -2.35. The molecule has 0 aliphatic carbocycles. The number of piperazine rings is 1. The molecule has 1 amide bonds. The second kappa shape index (κ2) is 8.08. The summed E-state index contributed by atoms with van der Waals surface area (Å²) in [5.41, 5.74) is 1.82. The van der Waals surface area contributed by atoms with Crippen LogP contribution in [0.3, 0.4) is 0 Å². The van der Waals surface area contributed by atoms with Crippen molar-refractivity contribution in [1.29, 1.82) is 0 Å². The summed E-state index contributed by atoms with van der Waals surface area (Å²) in [4.78, 5) is 16.7. The fourth-order valence-corrected chi connectivity index (χ4v) is 3.40. The first-order valence-electron chi connectivity index (χ1n) is 9.24. The fraction of sp³-hybridized carbons (Fsp3) is 0.300. The van der Waals surface area contributed by atoms with Crippen molar-refractivity contribution >= 4 is 11.9 Å². The molecule has 8 nitrogen and oxygen atoms in total. The Balaban J connectivity index is 1.40. The van der Waals surface area contributed by atoms with Gasteiger partial charge in [-0.05, 0) is 28.6 Å². The number of hydrogen-bond acceptors (Lipinski definition) is 6. The van der Waals surface area contributed by atoms with Crippen molar-refractivity contribution in [3.05, 3.63) is 60.2 Å². The van der Waals surface area contributed by atoms with Crippen molar-refractivity contribution in [3.8, 4) is 11.4 Å². The van der Waals surface area contributed by atoms with Gasteiger partial charge in [-0.1, -0.05) is 41.5 Å². The van der Waals surface area contributed by atoms with Gasteiger partial charge in [0.1, 0.15) is 5.75 Å². The zero-order valence-electron chi connectivity index (χ0n) is 15.7. The van der Waals surface area contributed by atoms with Gasteiger partial charge in [0.25, 0.3) is 0 Å². The van der Waals surface area contributed by atoms with E-state index in [1.54, 1.807) is 11.8 Å². The number of anilines is 1. The topological polar surface area (TPSA) is 76.4 Å². The van der Waals surface area contributed by atoms with Crippen LogP contribution in [0.25, 0.3) is 5.69 Å². The van der Waals surface area contributed by atoms with E-state index < -0.39 is 0 Å². The minimum atomic E-state index is 0.104. The van der Waals surface area contributed by atoms with Crippen LogP contribution in [0.2, 0.25) is 0 Å². The number of methoxy groups -OCH3 is 1. The van der Waals surface area contributed by atoms with Crippen molar-refractivity contribution in [2.24, 2.45) is 0 Å². The van der Waals surface area contributed by atoms with Gasteiger partial charge in [-0.2, -0.15) is 4.68 Å². The average Bonchev–Trinajstić information content (AvgIpc) is 3.25. The number of carbonyl (C=O) groups excluding carboxylic acids is 1. The Labute approximate surface area is 163 Å². The smallest absolute Gasteiger partial charge is 0.250 e. The summed E-state index contributed by atoms with van der Waals surface area (Å²) in [7, 11) is 1.62. The maximum atomic E-state index is 12.7. The Kier molecular flexibility index (Phi) is 5.18. The highest BCUT2D eigenvalue weighted by Crippen LogP contribution is 2.20. The van der Waals surface area contributed by atoms with Crippen LogP contribution in [0.4, 0.5) is 5.95 Å². The number of benzene rings is 2. The first-order chi connectivity index (χ1) is 13.8. The molecular formula is C20H22N6O2. The molecule has 0 unspecified atom stereocenters. The molecule has 1 aliphatic heterocycles. The first-order valence-corrected chi connectivity index (χ1v) is 9.24. The van der Waals surface area contributed by atoms with E-state index in [4.69, 9.17) is 4.74 Å². The summed E-state index contributed by atoms with van der Waals surface area (Å²) in [6, 6.07) is 17.4. The standard InChI is InChI=1S/C20H22N6O2/c1-28-18-10-6-5-7-16(18)15-19(27)24-11-13-25(14-12-24)20-21-22-23-26(20)17-8-3-2-4-9-17/h2-10H,11-15H2,1H3. The third-order valence-corrected chi connectivity index (χ3v) is 4.90. The lowest BCUT2D eigenvalue weighted by Crippen LogP contribution is -2.50. The van der Waals surface area contributed by atoms with Crippen LogP contribution in [-0.4, -0.2) is 64.3 Å². The van der Waals surface area contributed by atoms with Crippen molar-refractivity contribution in [3.63, 3.8) is 0 Å². The number of carbonyl (C=O) groups is 1. The summed E-state index contributed by atoms with van der Waals surface area (Å²) in [6.07, 6.45) is 0.339. The van der Waals surface area contributed by atoms with E-state index in [2.05, 4.69) is 20.4 Å². The minimum absolute atomic E-state index is 0.104. The van der Waals surface area contributed by atoms with E-state index in [-0.39, 0.29) is 5.91 Å². The highest BCUT2D eigenvalue weighted by Gasteiger charge is 2.25. The molecule has 8 heteroatoms. The quantitative estimate of drug-likeness (QED) is 0.671. The van der Waals surface area contributed by atoms with Crippen LogP contribution < -0.4 is 9.64 Å². The van der Waals surface area contributed by atoms with Gasteiger partial charge in [0, 0.05) is 31.7 Å². The van der Waals surface area contributed by atoms with Gasteiger partial charge in [-0.15, -0.1) is 0 Å². The highest BCUT2D eigenvalue weighted by atomic mass is 16.5. The molecule has 0 N–H and O–H groups in total. The molecule has 1 saturated heterocycles. The Hall–Kier alpha value is -3.42. The van der Waals surface area contributed by atoms with E-state index in [1.807, 2.05) is 59.5 Å². The molecule has 1 aromatic heterocycles. The first kappa shape index (κ1) is 18.0. The van der Waals surface area contributed by atoms with Gasteiger partial charge in [0.05, 0.1) is 19.2 Å². The maximum absolute atomic E-state index is 12.7. The van der Waals surface area contributed by atoms with Gasteiger partial charge < -0.3 is 14.5 Å². The summed E-state index contributed by atoms with van der Waals surface area (Å²) < 4.78 is 7.08. The molecule has 1 fully saturated rings. The van der Waals surface area contributed by atoms with Crippen molar-refractivity contribution in [1.82, 2.24) is 25.1 Å². The molecule has 3 aromatic rings. The maximum Gasteiger partial charge on any atom is 0.250 e. The van der Waals surface area contributed by atoms with Crippen LogP contribution in [0.1, 0.15) is 5.56 Å². The van der Waals surface area contributed by atoms with Gasteiger partial charge in [0.2, 0.25) is 11.9 Å². The molecular weight excluding hydrogens is 356 g/mol. The van der Waals surface area contributed by atoms with Crippen molar-refractivity contribution in [2.45, 2.75) is 6.42 Å².